The van der Waals surface area contributed by atoms with Gasteiger partial charge in [-0.05, 0) is 37.5 Å². The van der Waals surface area contributed by atoms with Crippen molar-refractivity contribution in [2.75, 3.05) is 6.61 Å². The Kier molecular flexibility index (Phi) is 4.56. The van der Waals surface area contributed by atoms with E-state index in [0.29, 0.717) is 24.6 Å². The maximum Gasteiger partial charge on any atom is 0.376 e. The summed E-state index contributed by atoms with van der Waals surface area (Å²) in [4.78, 5) is 16.2. The van der Waals surface area contributed by atoms with Crippen LogP contribution in [0.4, 0.5) is 0 Å². The Morgan fingerprint density at radius 2 is 1.85 bits per heavy atom. The van der Waals surface area contributed by atoms with Crippen molar-refractivity contribution in [2.45, 2.75) is 33.6 Å². The summed E-state index contributed by atoms with van der Waals surface area (Å²) in [5, 5.41) is 0. The Balaban J connectivity index is 2.34. The summed E-state index contributed by atoms with van der Waals surface area (Å²) in [6, 6.07) is 7.99. The van der Waals surface area contributed by atoms with Gasteiger partial charge in [-0.1, -0.05) is 26.0 Å². The highest BCUT2D eigenvalue weighted by atomic mass is 16.5. The maximum absolute atomic E-state index is 11.8. The fourth-order valence-corrected chi connectivity index (χ4v) is 1.95. The number of rotatable bonds is 5. The second-order valence-electron chi connectivity index (χ2n) is 4.42. The molecule has 0 spiro atoms. The quantitative estimate of drug-likeness (QED) is 0.780. The molecule has 4 nitrogen and oxygen atoms in total. The normalized spacial score (nSPS) is 10.6. The molecule has 20 heavy (non-hydrogen) atoms. The lowest BCUT2D eigenvalue weighted by atomic mass is 10.1. The highest BCUT2D eigenvalue weighted by molar-refractivity contribution is 5.88. The number of esters is 1. The number of aromatic nitrogens is 1. The molecular formula is C16H19NO3. The highest BCUT2D eigenvalue weighted by Crippen LogP contribution is 2.23. The minimum absolute atomic E-state index is 0.212. The predicted molar refractivity (Wildman–Crippen MR) is 76.7 cm³/mol. The molecule has 0 saturated carbocycles. The number of benzene rings is 1. The van der Waals surface area contributed by atoms with Crippen LogP contribution in [0, 0.1) is 0 Å². The van der Waals surface area contributed by atoms with Crippen molar-refractivity contribution in [3.05, 3.63) is 41.3 Å². The molecule has 2 aromatic rings. The Morgan fingerprint density at radius 1 is 1.15 bits per heavy atom. The molecule has 0 amide bonds. The zero-order chi connectivity index (χ0) is 14.5. The van der Waals surface area contributed by atoms with Crippen LogP contribution in [0.2, 0.25) is 0 Å². The Morgan fingerprint density at radius 3 is 2.40 bits per heavy atom. The molecule has 4 heteroatoms. The number of hydrogen-bond acceptors (Lipinski definition) is 4. The minimum atomic E-state index is -0.451. The lowest BCUT2D eigenvalue weighted by molar-refractivity contribution is 0.0489. The van der Waals surface area contributed by atoms with Gasteiger partial charge in [-0.25, -0.2) is 9.78 Å². The Labute approximate surface area is 118 Å². The topological polar surface area (TPSA) is 52.3 Å². The van der Waals surface area contributed by atoms with E-state index >= 15 is 0 Å². The maximum atomic E-state index is 11.8. The van der Waals surface area contributed by atoms with Crippen molar-refractivity contribution in [2.24, 2.45) is 0 Å². The van der Waals surface area contributed by atoms with Gasteiger partial charge in [-0.15, -0.1) is 0 Å². The second kappa shape index (κ2) is 6.37. The van der Waals surface area contributed by atoms with Crippen LogP contribution in [-0.2, 0) is 17.6 Å². The zero-order valence-corrected chi connectivity index (χ0v) is 12.1. The molecule has 0 N–H and O–H groups in total. The van der Waals surface area contributed by atoms with E-state index in [9.17, 15) is 4.79 Å². The fraction of sp³-hybridized carbons (Fsp3) is 0.375. The molecule has 0 atom stereocenters. The zero-order valence-electron chi connectivity index (χ0n) is 12.1. The molecule has 0 bridgehead atoms. The molecule has 0 aliphatic rings. The van der Waals surface area contributed by atoms with Crippen LogP contribution in [0.3, 0.4) is 0 Å². The molecule has 0 radical (unpaired) electrons. The summed E-state index contributed by atoms with van der Waals surface area (Å²) < 4.78 is 10.6. The Hall–Kier alpha value is -2.10. The van der Waals surface area contributed by atoms with Gasteiger partial charge in [0.1, 0.15) is 0 Å². The van der Waals surface area contributed by atoms with E-state index in [0.717, 1.165) is 12.0 Å². The molecule has 0 fully saturated rings. The average molecular weight is 273 g/mol. The fourth-order valence-electron chi connectivity index (χ4n) is 1.95. The summed E-state index contributed by atoms with van der Waals surface area (Å²) in [6.45, 7) is 6.13. The van der Waals surface area contributed by atoms with Crippen LogP contribution in [0.1, 0.15) is 42.6 Å². The molecule has 0 aliphatic carbocycles. The first-order valence-corrected chi connectivity index (χ1v) is 6.95. The van der Waals surface area contributed by atoms with Crippen molar-refractivity contribution in [3.8, 4) is 11.5 Å². The number of ether oxygens (including phenoxy) is 1. The van der Waals surface area contributed by atoms with Gasteiger partial charge in [0.15, 0.2) is 0 Å². The van der Waals surface area contributed by atoms with E-state index in [4.69, 9.17) is 9.15 Å². The third-order valence-corrected chi connectivity index (χ3v) is 3.10. The molecule has 1 heterocycles. The van der Waals surface area contributed by atoms with Crippen molar-refractivity contribution in [1.82, 2.24) is 4.98 Å². The highest BCUT2D eigenvalue weighted by Gasteiger charge is 2.20. The van der Waals surface area contributed by atoms with Gasteiger partial charge in [-0.2, -0.15) is 0 Å². The third kappa shape index (κ3) is 2.90. The second-order valence-corrected chi connectivity index (χ2v) is 4.42. The standard InChI is InChI=1S/C16H19NO3/c1-4-11-7-9-12(10-8-11)15-17-13(5-2)14(20-15)16(18)19-6-3/h7-10H,4-6H2,1-3H3. The first-order valence-electron chi connectivity index (χ1n) is 6.95. The van der Waals surface area contributed by atoms with Gasteiger partial charge in [0, 0.05) is 5.56 Å². The molecule has 1 aromatic carbocycles. The Bertz CT molecular complexity index is 584. The lowest BCUT2D eigenvalue weighted by Crippen LogP contribution is -2.05. The van der Waals surface area contributed by atoms with Crippen LogP contribution in [0.25, 0.3) is 11.5 Å². The van der Waals surface area contributed by atoms with Crippen molar-refractivity contribution in [1.29, 1.82) is 0 Å². The molecule has 106 valence electrons. The van der Waals surface area contributed by atoms with E-state index in [1.165, 1.54) is 5.56 Å². The first kappa shape index (κ1) is 14.3. The van der Waals surface area contributed by atoms with Crippen LogP contribution >= 0.6 is 0 Å². The van der Waals surface area contributed by atoms with Crippen LogP contribution in [-0.4, -0.2) is 17.6 Å². The molecule has 0 saturated heterocycles. The molecule has 1 aromatic heterocycles. The van der Waals surface area contributed by atoms with Gasteiger partial charge in [-0.3, -0.25) is 0 Å². The predicted octanol–water partition coefficient (Wildman–Crippen LogP) is 3.64. The SMILES string of the molecule is CCOC(=O)c1oc(-c2ccc(CC)cc2)nc1CC. The van der Waals surface area contributed by atoms with Gasteiger partial charge >= 0.3 is 5.97 Å². The van der Waals surface area contributed by atoms with Crippen molar-refractivity contribution >= 4 is 5.97 Å². The van der Waals surface area contributed by atoms with Gasteiger partial charge < -0.3 is 9.15 Å². The smallest absolute Gasteiger partial charge is 0.376 e. The summed E-state index contributed by atoms with van der Waals surface area (Å²) in [7, 11) is 0. The summed E-state index contributed by atoms with van der Waals surface area (Å²) >= 11 is 0. The lowest BCUT2D eigenvalue weighted by Gasteiger charge is -1.99. The number of carbonyl (C=O) groups is 1. The molecule has 2 rings (SSSR count). The van der Waals surface area contributed by atoms with Crippen LogP contribution in [0.15, 0.2) is 28.7 Å². The van der Waals surface area contributed by atoms with Crippen molar-refractivity contribution in [3.63, 3.8) is 0 Å². The minimum Gasteiger partial charge on any atom is -0.460 e. The molecule has 0 aliphatic heterocycles. The molecular weight excluding hydrogens is 254 g/mol. The largest absolute Gasteiger partial charge is 0.460 e. The van der Waals surface area contributed by atoms with E-state index in [2.05, 4.69) is 11.9 Å². The monoisotopic (exact) mass is 273 g/mol. The third-order valence-electron chi connectivity index (χ3n) is 3.10. The number of hydrogen-bond donors (Lipinski definition) is 0. The van der Waals surface area contributed by atoms with E-state index in [1.54, 1.807) is 6.92 Å². The number of nitrogens with zero attached hydrogens (tertiary/aromatic N) is 1. The van der Waals surface area contributed by atoms with E-state index in [-0.39, 0.29) is 5.76 Å². The number of carbonyl (C=O) groups excluding carboxylic acids is 1. The summed E-state index contributed by atoms with van der Waals surface area (Å²) in [6.07, 6.45) is 1.62. The van der Waals surface area contributed by atoms with E-state index < -0.39 is 5.97 Å². The van der Waals surface area contributed by atoms with Gasteiger partial charge in [0.2, 0.25) is 11.7 Å². The number of aryl methyl sites for hydroxylation is 2. The van der Waals surface area contributed by atoms with Gasteiger partial charge in [0.05, 0.1) is 12.3 Å². The first-order chi connectivity index (χ1) is 9.69. The summed E-state index contributed by atoms with van der Waals surface area (Å²) in [5.41, 5.74) is 2.76. The van der Waals surface area contributed by atoms with E-state index in [1.807, 2.05) is 31.2 Å². The summed E-state index contributed by atoms with van der Waals surface area (Å²) in [5.74, 6) is 0.227. The number of oxazole rings is 1. The average Bonchev–Trinajstić information content (AvgIpc) is 2.92. The van der Waals surface area contributed by atoms with Crippen molar-refractivity contribution < 1.29 is 13.9 Å². The van der Waals surface area contributed by atoms with Gasteiger partial charge in [0.25, 0.3) is 0 Å². The van der Waals surface area contributed by atoms with Crippen LogP contribution in [0.5, 0.6) is 0 Å². The molecule has 0 unspecified atom stereocenters. The van der Waals surface area contributed by atoms with Crippen LogP contribution < -0.4 is 0 Å².